The molecule has 9 heteroatoms. The van der Waals surface area contributed by atoms with Crippen molar-refractivity contribution >= 4 is 13.7 Å². The first-order valence-electron chi connectivity index (χ1n) is 31.1. The van der Waals surface area contributed by atoms with Gasteiger partial charge in [-0.2, -0.15) is 0 Å². The average molecular weight is 1070 g/mol. The van der Waals surface area contributed by atoms with Crippen LogP contribution in [0, 0.1) is 0 Å². The molecule has 0 aliphatic carbocycles. The normalized spacial score (nSPS) is 14.5. The number of aliphatic hydroxyl groups is 1. The molecule has 0 bridgehead atoms. The number of rotatable bonds is 56. The maximum Gasteiger partial charge on any atom is 0.472 e. The fourth-order valence-electron chi connectivity index (χ4n) is 8.69. The second kappa shape index (κ2) is 56.2. The van der Waals surface area contributed by atoms with E-state index in [2.05, 4.69) is 104 Å². The summed E-state index contributed by atoms with van der Waals surface area (Å²) >= 11 is 0. The Kier molecular flexibility index (Phi) is 54.2. The molecule has 0 aromatic rings. The van der Waals surface area contributed by atoms with Crippen molar-refractivity contribution in [2.45, 2.75) is 276 Å². The van der Waals surface area contributed by atoms with Gasteiger partial charge in [0.05, 0.1) is 39.9 Å². The highest BCUT2D eigenvalue weighted by Crippen LogP contribution is 2.43. The molecule has 8 nitrogen and oxygen atoms in total. The predicted molar refractivity (Wildman–Crippen MR) is 327 cm³/mol. The van der Waals surface area contributed by atoms with Gasteiger partial charge in [-0.15, -0.1) is 0 Å². The van der Waals surface area contributed by atoms with Crippen molar-refractivity contribution in [3.8, 4) is 0 Å². The van der Waals surface area contributed by atoms with E-state index in [0.29, 0.717) is 17.4 Å². The molecule has 1 amide bonds. The number of phosphoric acid groups is 1. The summed E-state index contributed by atoms with van der Waals surface area (Å²) in [5, 5.41) is 13.9. The summed E-state index contributed by atoms with van der Waals surface area (Å²) in [7, 11) is 1.52. The second-order valence-electron chi connectivity index (χ2n) is 22.0. The molecule has 3 atom stereocenters. The molecule has 0 aliphatic rings. The lowest BCUT2D eigenvalue weighted by Gasteiger charge is -2.25. The minimum atomic E-state index is -4.37. The molecule has 0 aromatic heterocycles. The molecule has 0 aliphatic heterocycles. The van der Waals surface area contributed by atoms with Crippen molar-refractivity contribution in [3.63, 3.8) is 0 Å². The third-order valence-electron chi connectivity index (χ3n) is 13.5. The van der Waals surface area contributed by atoms with Crippen LogP contribution < -0.4 is 5.32 Å². The lowest BCUT2D eigenvalue weighted by Crippen LogP contribution is -2.45. The SMILES string of the molecule is CC/C=C\C/C=C\C/C=C\C/C=C\C/C=C\CCCCCCCC(=O)NC(COP(=O)(O)OCC[N+](C)(C)C)C(O)/C=C/CC/C=C/CC/C=C/CCCCCCCCCCCCCCCCCCCCCCCC. The zero-order valence-corrected chi connectivity index (χ0v) is 50.4. The van der Waals surface area contributed by atoms with Crippen LogP contribution in [0.15, 0.2) is 97.2 Å². The van der Waals surface area contributed by atoms with Crippen LogP contribution in [-0.2, 0) is 18.4 Å². The van der Waals surface area contributed by atoms with Gasteiger partial charge in [0.1, 0.15) is 13.2 Å². The van der Waals surface area contributed by atoms with Crippen molar-refractivity contribution in [2.75, 3.05) is 40.9 Å². The fourth-order valence-corrected chi connectivity index (χ4v) is 9.43. The highest BCUT2D eigenvalue weighted by molar-refractivity contribution is 7.47. The van der Waals surface area contributed by atoms with Crippen molar-refractivity contribution in [2.24, 2.45) is 0 Å². The minimum Gasteiger partial charge on any atom is -0.387 e. The van der Waals surface area contributed by atoms with Crippen LogP contribution >= 0.6 is 7.82 Å². The maximum absolute atomic E-state index is 13.0. The smallest absolute Gasteiger partial charge is 0.387 e. The van der Waals surface area contributed by atoms with Gasteiger partial charge in [-0.3, -0.25) is 13.8 Å². The zero-order valence-electron chi connectivity index (χ0n) is 49.5. The average Bonchev–Trinajstić information content (AvgIpc) is 3.37. The standard InChI is InChI=1S/C66H119N2O6P/c1-6-8-10-12-14-16-18-20-22-24-26-28-29-30-31-32-33-34-35-36-37-38-40-41-43-45-47-49-51-53-55-57-59-65(69)64(63-74-75(71,72)73-62-61-68(3,4)5)67-66(70)60-58-56-54-52-50-48-46-44-42-39-27-25-23-21-19-17-15-13-11-9-7-2/h9,11,15,17,21,23,27,39,41,43-44,46,49,51,57,59,64-65,69H,6-8,10,12-14,16,18-20,22,24-26,28-38,40,42,45,47-48,50,52-56,58,60-63H2,1-5H3,(H-,67,70,71,72)/p+1/b11-9-,17-15-,23-21-,39-27-,43-41+,46-44-,51-49+,59-57+. The summed E-state index contributed by atoms with van der Waals surface area (Å²) in [4.78, 5) is 23.3. The Morgan fingerprint density at radius 2 is 0.813 bits per heavy atom. The van der Waals surface area contributed by atoms with E-state index in [4.69, 9.17) is 9.05 Å². The molecule has 0 saturated heterocycles. The summed E-state index contributed by atoms with van der Waals surface area (Å²) in [6.07, 6.45) is 81.1. The van der Waals surface area contributed by atoms with Gasteiger partial charge in [0.25, 0.3) is 0 Å². The van der Waals surface area contributed by atoms with E-state index in [1.54, 1.807) is 6.08 Å². The van der Waals surface area contributed by atoms with Crippen LogP contribution in [-0.4, -0.2) is 73.4 Å². The molecule has 0 radical (unpaired) electrons. The van der Waals surface area contributed by atoms with Gasteiger partial charge in [-0.05, 0) is 89.9 Å². The highest BCUT2D eigenvalue weighted by atomic mass is 31.2. The van der Waals surface area contributed by atoms with Gasteiger partial charge in [-0.1, -0.05) is 265 Å². The predicted octanol–water partition coefficient (Wildman–Crippen LogP) is 19.4. The zero-order chi connectivity index (χ0) is 54.9. The highest BCUT2D eigenvalue weighted by Gasteiger charge is 2.27. The first kappa shape index (κ1) is 72.4. The van der Waals surface area contributed by atoms with E-state index in [-0.39, 0.29) is 19.1 Å². The monoisotopic (exact) mass is 1070 g/mol. The number of allylic oxidation sites excluding steroid dienone is 15. The number of nitrogens with zero attached hydrogens (tertiary/aromatic N) is 1. The van der Waals surface area contributed by atoms with E-state index in [1.165, 1.54) is 148 Å². The van der Waals surface area contributed by atoms with Gasteiger partial charge in [0.15, 0.2) is 0 Å². The summed E-state index contributed by atoms with van der Waals surface area (Å²) in [5.41, 5.74) is 0. The van der Waals surface area contributed by atoms with E-state index >= 15 is 0 Å². The number of unbranched alkanes of at least 4 members (excludes halogenated alkanes) is 29. The number of carbonyl (C=O) groups is 1. The number of phosphoric ester groups is 1. The van der Waals surface area contributed by atoms with Crippen LogP contribution in [0.4, 0.5) is 0 Å². The first-order valence-corrected chi connectivity index (χ1v) is 32.6. The Hall–Kier alpha value is -2.58. The summed E-state index contributed by atoms with van der Waals surface area (Å²) < 4.78 is 23.7. The molecule has 3 unspecified atom stereocenters. The molecule has 0 saturated carbocycles. The number of quaternary nitrogens is 1. The summed E-state index contributed by atoms with van der Waals surface area (Å²) in [6.45, 7) is 4.67. The number of hydrogen-bond acceptors (Lipinski definition) is 5. The number of likely N-dealkylation sites (N-methyl/N-ethyl adjacent to an activating group) is 1. The van der Waals surface area contributed by atoms with Gasteiger partial charge < -0.3 is 19.8 Å². The Morgan fingerprint density at radius 1 is 0.467 bits per heavy atom. The largest absolute Gasteiger partial charge is 0.472 e. The van der Waals surface area contributed by atoms with E-state index < -0.39 is 20.0 Å². The van der Waals surface area contributed by atoms with E-state index in [9.17, 15) is 19.4 Å². The van der Waals surface area contributed by atoms with Gasteiger partial charge >= 0.3 is 7.82 Å². The number of carbonyl (C=O) groups excluding carboxylic acids is 1. The second-order valence-corrected chi connectivity index (χ2v) is 23.5. The molecular weight excluding hydrogens is 948 g/mol. The molecule has 75 heavy (non-hydrogen) atoms. The van der Waals surface area contributed by atoms with Gasteiger partial charge in [0, 0.05) is 6.42 Å². The number of aliphatic hydroxyl groups excluding tert-OH is 1. The van der Waals surface area contributed by atoms with Crippen LogP contribution in [0.1, 0.15) is 264 Å². The molecule has 0 rings (SSSR count). The molecule has 0 fully saturated rings. The Labute approximate surface area is 464 Å². The molecular formula is C66H120N2O6P+. The van der Waals surface area contributed by atoms with Crippen LogP contribution in [0.3, 0.4) is 0 Å². The lowest BCUT2D eigenvalue weighted by atomic mass is 10.0. The van der Waals surface area contributed by atoms with E-state index in [0.717, 1.165) is 96.3 Å². The van der Waals surface area contributed by atoms with Crippen molar-refractivity contribution in [1.29, 1.82) is 0 Å². The topological polar surface area (TPSA) is 105 Å². The minimum absolute atomic E-state index is 0.0442. The van der Waals surface area contributed by atoms with Gasteiger partial charge in [-0.25, -0.2) is 4.57 Å². The van der Waals surface area contributed by atoms with E-state index in [1.807, 2.05) is 27.2 Å². The number of hydrogen-bond donors (Lipinski definition) is 3. The summed E-state index contributed by atoms with van der Waals surface area (Å²) in [5.74, 6) is -0.212. The van der Waals surface area contributed by atoms with Crippen molar-refractivity contribution in [1.82, 2.24) is 5.32 Å². The van der Waals surface area contributed by atoms with Crippen LogP contribution in [0.25, 0.3) is 0 Å². The van der Waals surface area contributed by atoms with Crippen molar-refractivity contribution in [3.05, 3.63) is 97.2 Å². The molecule has 434 valence electrons. The fraction of sp³-hybridized carbons (Fsp3) is 0.742. The van der Waals surface area contributed by atoms with Gasteiger partial charge in [0.2, 0.25) is 5.91 Å². The third-order valence-corrected chi connectivity index (χ3v) is 14.5. The van der Waals surface area contributed by atoms with Crippen molar-refractivity contribution < 1.29 is 32.9 Å². The Balaban J connectivity index is 4.24. The summed E-state index contributed by atoms with van der Waals surface area (Å²) in [6, 6.07) is -0.888. The molecule has 0 spiro atoms. The third kappa shape index (κ3) is 58.9. The number of amides is 1. The molecule has 0 aromatic carbocycles. The Morgan fingerprint density at radius 3 is 1.23 bits per heavy atom. The number of nitrogens with one attached hydrogen (secondary N) is 1. The van der Waals surface area contributed by atoms with Crippen LogP contribution in [0.2, 0.25) is 0 Å². The lowest BCUT2D eigenvalue weighted by molar-refractivity contribution is -0.870. The quantitative estimate of drug-likeness (QED) is 0.0243. The first-order chi connectivity index (χ1) is 36.5. The molecule has 0 heterocycles. The van der Waals surface area contributed by atoms with Crippen LogP contribution in [0.5, 0.6) is 0 Å². The maximum atomic E-state index is 13.0. The molecule has 3 N–H and O–H groups in total. The Bertz CT molecular complexity index is 1540.